The highest BCUT2D eigenvalue weighted by Crippen LogP contribution is 2.43. The Bertz CT molecular complexity index is 1380. The zero-order valence-electron chi connectivity index (χ0n) is 17.5. The fraction of sp³-hybridized carbons (Fsp3) is 0.182. The standard InChI is InChI=1S/C22H18N10S/c1-2-16-21-30-28-12-31(21)17-11-27-19(15(10-24)18(25)22-26-6-7-33-22)29-20(17)32(16)14-5-3-4-13(8-14)9-23/h3-8,10-12,15-16,24-25H,2H2,1H3. The maximum absolute atomic E-state index is 9.43. The second kappa shape index (κ2) is 8.33. The molecule has 10 nitrogen and oxygen atoms in total. The number of anilines is 2. The highest BCUT2D eigenvalue weighted by atomic mass is 32.1. The molecule has 3 aromatic heterocycles. The Balaban J connectivity index is 1.69. The molecule has 0 amide bonds. The molecule has 33 heavy (non-hydrogen) atoms. The van der Waals surface area contributed by atoms with Crippen molar-refractivity contribution in [1.29, 1.82) is 16.1 Å². The van der Waals surface area contributed by atoms with Crippen LogP contribution in [0.2, 0.25) is 0 Å². The lowest BCUT2D eigenvalue weighted by Gasteiger charge is -2.37. The monoisotopic (exact) mass is 454 g/mol. The van der Waals surface area contributed by atoms with Crippen LogP contribution in [0.15, 0.2) is 48.4 Å². The van der Waals surface area contributed by atoms with Crippen LogP contribution in [0.3, 0.4) is 0 Å². The van der Waals surface area contributed by atoms with Crippen LogP contribution in [0.1, 0.15) is 47.5 Å². The second-order valence-electron chi connectivity index (χ2n) is 7.35. The normalized spacial score (nSPS) is 15.3. The summed E-state index contributed by atoms with van der Waals surface area (Å²) in [5.41, 5.74) is 2.19. The first kappa shape index (κ1) is 20.6. The molecular weight excluding hydrogens is 436 g/mol. The van der Waals surface area contributed by atoms with Gasteiger partial charge in [-0.25, -0.2) is 15.0 Å². The van der Waals surface area contributed by atoms with Gasteiger partial charge in [-0.3, -0.25) is 4.57 Å². The van der Waals surface area contributed by atoms with E-state index in [4.69, 9.17) is 15.8 Å². The van der Waals surface area contributed by atoms with Crippen LogP contribution in [0.25, 0.3) is 5.69 Å². The van der Waals surface area contributed by atoms with Gasteiger partial charge in [-0.15, -0.1) is 21.5 Å². The summed E-state index contributed by atoms with van der Waals surface area (Å²) < 4.78 is 1.86. The van der Waals surface area contributed by atoms with E-state index in [1.165, 1.54) is 11.3 Å². The van der Waals surface area contributed by atoms with E-state index in [0.29, 0.717) is 27.9 Å². The number of hydrogen-bond acceptors (Lipinski definition) is 10. The molecule has 5 rings (SSSR count). The lowest BCUT2D eigenvalue weighted by molar-refractivity contribution is 0.587. The molecule has 0 spiro atoms. The van der Waals surface area contributed by atoms with Crippen molar-refractivity contribution in [2.75, 3.05) is 4.90 Å². The van der Waals surface area contributed by atoms with E-state index >= 15 is 0 Å². The van der Waals surface area contributed by atoms with Crippen LogP contribution >= 0.6 is 11.3 Å². The van der Waals surface area contributed by atoms with Crippen molar-refractivity contribution in [3.8, 4) is 11.8 Å². The topological polar surface area (TPSA) is 144 Å². The summed E-state index contributed by atoms with van der Waals surface area (Å²) in [5, 5.41) is 36.7. The highest BCUT2D eigenvalue weighted by Gasteiger charge is 2.35. The highest BCUT2D eigenvalue weighted by molar-refractivity contribution is 7.11. The van der Waals surface area contributed by atoms with Gasteiger partial charge >= 0.3 is 0 Å². The molecule has 1 aromatic carbocycles. The SMILES string of the molecule is CCC1c2nncn2-c2cnc(C(C=N)C(=N)c3nccs3)nc2N1c1cccc(C#N)c1. The van der Waals surface area contributed by atoms with Crippen molar-refractivity contribution >= 4 is 34.8 Å². The zero-order valence-corrected chi connectivity index (χ0v) is 18.4. The third-order valence-corrected chi connectivity index (χ3v) is 6.31. The molecule has 0 fully saturated rings. The first-order valence-corrected chi connectivity index (χ1v) is 11.1. The zero-order chi connectivity index (χ0) is 22.9. The molecule has 4 aromatic rings. The molecule has 162 valence electrons. The van der Waals surface area contributed by atoms with Crippen molar-refractivity contribution in [2.45, 2.75) is 25.3 Å². The van der Waals surface area contributed by atoms with Crippen molar-refractivity contribution in [3.05, 3.63) is 70.6 Å². The predicted molar refractivity (Wildman–Crippen MR) is 124 cm³/mol. The Morgan fingerprint density at radius 2 is 2.24 bits per heavy atom. The summed E-state index contributed by atoms with van der Waals surface area (Å²) in [6, 6.07) is 9.34. The summed E-state index contributed by atoms with van der Waals surface area (Å²) in [7, 11) is 0. The van der Waals surface area contributed by atoms with E-state index in [9.17, 15) is 5.26 Å². The largest absolute Gasteiger partial charge is 0.314 e. The summed E-state index contributed by atoms with van der Waals surface area (Å²) >= 11 is 1.34. The molecule has 0 aliphatic carbocycles. The van der Waals surface area contributed by atoms with Gasteiger partial charge in [-0.1, -0.05) is 13.0 Å². The van der Waals surface area contributed by atoms with Gasteiger partial charge in [-0.2, -0.15) is 5.26 Å². The summed E-state index contributed by atoms with van der Waals surface area (Å²) in [4.78, 5) is 15.6. The molecule has 2 N–H and O–H groups in total. The van der Waals surface area contributed by atoms with Gasteiger partial charge in [-0.05, 0) is 24.6 Å². The summed E-state index contributed by atoms with van der Waals surface area (Å²) in [6.07, 6.45) is 6.82. The molecule has 0 saturated heterocycles. The predicted octanol–water partition coefficient (Wildman–Crippen LogP) is 3.79. The number of benzene rings is 1. The summed E-state index contributed by atoms with van der Waals surface area (Å²) in [6.45, 7) is 2.05. The minimum Gasteiger partial charge on any atom is -0.314 e. The molecule has 4 heterocycles. The fourth-order valence-corrected chi connectivity index (χ4v) is 4.59. The molecule has 0 radical (unpaired) electrons. The minimum atomic E-state index is -0.740. The second-order valence-corrected chi connectivity index (χ2v) is 8.24. The molecular formula is C22H18N10S. The van der Waals surface area contributed by atoms with Gasteiger partial charge in [0.25, 0.3) is 0 Å². The third kappa shape index (κ3) is 3.37. The van der Waals surface area contributed by atoms with Crippen molar-refractivity contribution < 1.29 is 0 Å². The van der Waals surface area contributed by atoms with Crippen molar-refractivity contribution in [3.63, 3.8) is 0 Å². The Hall–Kier alpha value is -4.30. The van der Waals surface area contributed by atoms with Gasteiger partial charge in [0.1, 0.15) is 22.8 Å². The van der Waals surface area contributed by atoms with Gasteiger partial charge in [0.05, 0.1) is 35.5 Å². The number of aromatic nitrogens is 6. The smallest absolute Gasteiger partial charge is 0.161 e. The number of nitrogens with zero attached hydrogens (tertiary/aromatic N) is 8. The Kier molecular flexibility index (Phi) is 5.20. The van der Waals surface area contributed by atoms with E-state index in [1.807, 2.05) is 27.7 Å². The lowest BCUT2D eigenvalue weighted by atomic mass is 10.0. The number of thiazole rings is 1. The van der Waals surface area contributed by atoms with Gasteiger partial charge in [0.2, 0.25) is 0 Å². The molecule has 11 heteroatoms. The van der Waals surface area contributed by atoms with Gasteiger partial charge < -0.3 is 15.7 Å². The third-order valence-electron chi connectivity index (χ3n) is 5.50. The van der Waals surface area contributed by atoms with E-state index in [0.717, 1.165) is 24.1 Å². The van der Waals surface area contributed by atoms with Crippen molar-refractivity contribution in [2.24, 2.45) is 0 Å². The lowest BCUT2D eigenvalue weighted by Crippen LogP contribution is -2.33. The van der Waals surface area contributed by atoms with Crippen LogP contribution in [0, 0.1) is 22.1 Å². The number of hydrogen-bond donors (Lipinski definition) is 2. The minimum absolute atomic E-state index is 0.172. The van der Waals surface area contributed by atoms with Crippen LogP contribution in [0.4, 0.5) is 11.5 Å². The molecule has 2 unspecified atom stereocenters. The average molecular weight is 455 g/mol. The average Bonchev–Trinajstić information content (AvgIpc) is 3.56. The quantitative estimate of drug-likeness (QED) is 0.422. The molecule has 0 saturated carbocycles. The van der Waals surface area contributed by atoms with E-state index in [-0.39, 0.29) is 11.8 Å². The number of nitrogens with one attached hydrogen (secondary N) is 2. The summed E-state index contributed by atoms with van der Waals surface area (Å²) in [5.74, 6) is 0.948. The fourth-order valence-electron chi connectivity index (χ4n) is 3.97. The van der Waals surface area contributed by atoms with Crippen LogP contribution in [0.5, 0.6) is 0 Å². The van der Waals surface area contributed by atoms with Crippen LogP contribution in [-0.4, -0.2) is 41.6 Å². The molecule has 2 atom stereocenters. The Morgan fingerprint density at radius 1 is 1.36 bits per heavy atom. The van der Waals surface area contributed by atoms with Crippen LogP contribution in [-0.2, 0) is 0 Å². The Morgan fingerprint density at radius 3 is 2.97 bits per heavy atom. The van der Waals surface area contributed by atoms with E-state index in [2.05, 4.69) is 33.2 Å². The van der Waals surface area contributed by atoms with Crippen LogP contribution < -0.4 is 4.90 Å². The maximum atomic E-state index is 9.43. The number of rotatable bonds is 6. The molecule has 1 aliphatic rings. The molecule has 0 bridgehead atoms. The maximum Gasteiger partial charge on any atom is 0.161 e. The number of nitriles is 1. The van der Waals surface area contributed by atoms with E-state index < -0.39 is 5.92 Å². The molecule has 1 aliphatic heterocycles. The first-order chi connectivity index (χ1) is 16.2. The van der Waals surface area contributed by atoms with Gasteiger partial charge in [0, 0.05) is 23.5 Å². The van der Waals surface area contributed by atoms with Crippen molar-refractivity contribution in [1.82, 2.24) is 29.7 Å². The first-order valence-electron chi connectivity index (χ1n) is 10.2. The Labute approximate surface area is 193 Å². The van der Waals surface area contributed by atoms with Gasteiger partial charge in [0.15, 0.2) is 11.6 Å². The number of fused-ring (bicyclic) bond motifs is 3. The van der Waals surface area contributed by atoms with E-state index in [1.54, 1.807) is 30.2 Å².